The van der Waals surface area contributed by atoms with Crippen molar-refractivity contribution in [1.82, 2.24) is 14.9 Å². The van der Waals surface area contributed by atoms with Crippen molar-refractivity contribution in [3.8, 4) is 0 Å². The van der Waals surface area contributed by atoms with Crippen molar-refractivity contribution in [2.75, 3.05) is 17.3 Å². The number of nitrogens with two attached hydrogens (primary N) is 1. The predicted molar refractivity (Wildman–Crippen MR) is 121 cm³/mol. The fourth-order valence-electron chi connectivity index (χ4n) is 3.17. The molecule has 0 aromatic carbocycles. The number of alkyl halides is 3. The second-order valence-electron chi connectivity index (χ2n) is 7.70. The second kappa shape index (κ2) is 9.27. The summed E-state index contributed by atoms with van der Waals surface area (Å²) in [4.78, 5) is 26.2. The Labute approximate surface area is 193 Å². The topological polar surface area (TPSA) is 120 Å². The maximum atomic E-state index is 13.0. The van der Waals surface area contributed by atoms with Crippen LogP contribution in [0.25, 0.3) is 0 Å². The van der Waals surface area contributed by atoms with Gasteiger partial charge in [0.25, 0.3) is 0 Å². The minimum atomic E-state index is -4.70. The lowest BCUT2D eigenvalue weighted by atomic mass is 10.1. The predicted octanol–water partition coefficient (Wildman–Crippen LogP) is 3.44. The Morgan fingerprint density at radius 1 is 1.27 bits per heavy atom. The van der Waals surface area contributed by atoms with E-state index in [-0.39, 0.29) is 22.5 Å². The molecule has 0 fully saturated rings. The fourth-order valence-corrected chi connectivity index (χ4v) is 3.37. The highest BCUT2D eigenvalue weighted by Gasteiger charge is 2.33. The van der Waals surface area contributed by atoms with Crippen molar-refractivity contribution < 1.29 is 23.1 Å². The molecule has 1 amide bonds. The monoisotopic (exact) mass is 481 g/mol. The van der Waals surface area contributed by atoms with Crippen LogP contribution >= 0.6 is 12.2 Å². The van der Waals surface area contributed by atoms with Crippen LogP contribution in [0.1, 0.15) is 36.2 Å². The molecule has 0 saturated carbocycles. The third-order valence-corrected chi connectivity index (χ3v) is 5.31. The number of amidine groups is 1. The van der Waals surface area contributed by atoms with Crippen molar-refractivity contribution in [2.24, 2.45) is 10.7 Å². The molecular weight excluding hydrogens is 459 g/mol. The van der Waals surface area contributed by atoms with E-state index in [4.69, 9.17) is 18.0 Å². The average Bonchev–Trinajstić information content (AvgIpc) is 3.16. The molecule has 9 nitrogen and oxygen atoms in total. The quantitative estimate of drug-likeness (QED) is 0.345. The van der Waals surface area contributed by atoms with Crippen LogP contribution in [0.2, 0.25) is 0 Å². The van der Waals surface area contributed by atoms with Crippen LogP contribution in [-0.4, -0.2) is 50.1 Å². The number of fused-ring (bicyclic) bond motifs is 1. The van der Waals surface area contributed by atoms with Crippen LogP contribution in [0.3, 0.4) is 0 Å². The lowest BCUT2D eigenvalue weighted by molar-refractivity contribution is -0.137. The first-order valence-electron chi connectivity index (χ1n) is 9.78. The summed E-state index contributed by atoms with van der Waals surface area (Å²) in [5.41, 5.74) is 7.14. The van der Waals surface area contributed by atoms with Gasteiger partial charge in [-0.1, -0.05) is 0 Å². The molecule has 1 aliphatic heterocycles. The zero-order valence-corrected chi connectivity index (χ0v) is 18.8. The van der Waals surface area contributed by atoms with Gasteiger partial charge in [0.05, 0.1) is 11.3 Å². The SMILES string of the molecule is CC(C)N1Cc2cnc(C(N)=NC(=S)Nc3ncc(C(F)(F)F)cc3N(C)C(=O)O)cc2C1. The van der Waals surface area contributed by atoms with E-state index in [0.29, 0.717) is 28.9 Å². The minimum absolute atomic E-state index is 0.00153. The molecule has 0 bridgehead atoms. The number of nitrogens with zero attached hydrogens (tertiary/aromatic N) is 5. The third-order valence-electron chi connectivity index (χ3n) is 5.11. The number of carbonyl (C=O) groups is 1. The minimum Gasteiger partial charge on any atom is -0.465 e. The second-order valence-corrected chi connectivity index (χ2v) is 8.08. The van der Waals surface area contributed by atoms with Crippen LogP contribution in [0.4, 0.5) is 29.5 Å². The Bertz CT molecular complexity index is 1120. The number of hydrogen-bond donors (Lipinski definition) is 3. The Morgan fingerprint density at radius 2 is 1.94 bits per heavy atom. The van der Waals surface area contributed by atoms with Gasteiger partial charge in [0.15, 0.2) is 16.8 Å². The fraction of sp³-hybridized carbons (Fsp3) is 0.350. The summed E-state index contributed by atoms with van der Waals surface area (Å²) in [6.45, 7) is 5.74. The van der Waals surface area contributed by atoms with Gasteiger partial charge in [0, 0.05) is 38.6 Å². The van der Waals surface area contributed by atoms with E-state index in [0.717, 1.165) is 31.3 Å². The number of amides is 1. The molecule has 0 spiro atoms. The number of halogens is 3. The number of carboxylic acid groups (broad SMARTS) is 1. The van der Waals surface area contributed by atoms with Gasteiger partial charge >= 0.3 is 12.3 Å². The number of hydrogen-bond acceptors (Lipinski definition) is 5. The normalized spacial score (nSPS) is 14.3. The number of rotatable bonds is 4. The summed E-state index contributed by atoms with van der Waals surface area (Å²) < 4.78 is 39.1. The van der Waals surface area contributed by atoms with Gasteiger partial charge in [0.2, 0.25) is 0 Å². The van der Waals surface area contributed by atoms with Gasteiger partial charge in [0.1, 0.15) is 5.69 Å². The van der Waals surface area contributed by atoms with E-state index < -0.39 is 17.8 Å². The highest BCUT2D eigenvalue weighted by atomic mass is 32.1. The van der Waals surface area contributed by atoms with Crippen LogP contribution < -0.4 is 16.0 Å². The van der Waals surface area contributed by atoms with Crippen LogP contribution in [-0.2, 0) is 19.3 Å². The van der Waals surface area contributed by atoms with Gasteiger partial charge in [-0.05, 0) is 49.3 Å². The van der Waals surface area contributed by atoms with Crippen LogP contribution in [0.15, 0.2) is 29.5 Å². The summed E-state index contributed by atoms with van der Waals surface area (Å²) >= 11 is 5.14. The molecule has 0 radical (unpaired) electrons. The molecule has 3 heterocycles. The van der Waals surface area contributed by atoms with Gasteiger partial charge in [-0.3, -0.25) is 14.8 Å². The van der Waals surface area contributed by atoms with Crippen molar-refractivity contribution in [3.63, 3.8) is 0 Å². The van der Waals surface area contributed by atoms with Gasteiger partial charge < -0.3 is 16.2 Å². The Balaban J connectivity index is 1.83. The number of anilines is 2. The van der Waals surface area contributed by atoms with E-state index in [9.17, 15) is 23.1 Å². The molecule has 0 atom stereocenters. The molecule has 0 saturated heterocycles. The van der Waals surface area contributed by atoms with E-state index >= 15 is 0 Å². The van der Waals surface area contributed by atoms with E-state index in [1.54, 1.807) is 6.20 Å². The molecule has 33 heavy (non-hydrogen) atoms. The van der Waals surface area contributed by atoms with Crippen molar-refractivity contribution >= 4 is 40.8 Å². The highest BCUT2D eigenvalue weighted by Crippen LogP contribution is 2.34. The summed E-state index contributed by atoms with van der Waals surface area (Å²) in [5.74, 6) is -0.220. The summed E-state index contributed by atoms with van der Waals surface area (Å²) in [7, 11) is 1.08. The molecule has 2 aromatic heterocycles. The van der Waals surface area contributed by atoms with Crippen LogP contribution in [0, 0.1) is 0 Å². The molecule has 2 aromatic rings. The number of nitrogens with one attached hydrogen (secondary N) is 1. The lowest BCUT2D eigenvalue weighted by Gasteiger charge is -2.19. The van der Waals surface area contributed by atoms with E-state index in [1.165, 1.54) is 0 Å². The number of thiocarbonyl (C=S) groups is 1. The van der Waals surface area contributed by atoms with Gasteiger partial charge in [-0.2, -0.15) is 13.2 Å². The largest absolute Gasteiger partial charge is 0.465 e. The highest BCUT2D eigenvalue weighted by molar-refractivity contribution is 7.80. The Morgan fingerprint density at radius 3 is 2.55 bits per heavy atom. The van der Waals surface area contributed by atoms with Crippen LogP contribution in [0.5, 0.6) is 0 Å². The maximum absolute atomic E-state index is 13.0. The maximum Gasteiger partial charge on any atom is 0.417 e. The molecule has 4 N–H and O–H groups in total. The molecule has 176 valence electrons. The molecule has 13 heteroatoms. The van der Waals surface area contributed by atoms with E-state index in [1.807, 2.05) is 6.07 Å². The molecule has 0 unspecified atom stereocenters. The Kier molecular flexibility index (Phi) is 6.84. The number of pyridine rings is 2. The first-order valence-corrected chi connectivity index (χ1v) is 10.2. The van der Waals surface area contributed by atoms with Crippen molar-refractivity contribution in [2.45, 2.75) is 39.2 Å². The first-order chi connectivity index (χ1) is 15.4. The molecule has 3 rings (SSSR count). The van der Waals surface area contributed by atoms with Gasteiger partial charge in [-0.15, -0.1) is 0 Å². The first kappa shape index (κ1) is 24.3. The summed E-state index contributed by atoms with van der Waals surface area (Å²) in [6, 6.07) is 2.85. The number of aromatic nitrogens is 2. The lowest BCUT2D eigenvalue weighted by Crippen LogP contribution is -2.27. The summed E-state index contributed by atoms with van der Waals surface area (Å²) in [5, 5.41) is 11.5. The van der Waals surface area contributed by atoms with Crippen molar-refractivity contribution in [1.29, 1.82) is 0 Å². The molecule has 0 aliphatic carbocycles. The zero-order chi connectivity index (χ0) is 24.5. The standard InChI is InChI=1S/C20H22F3N7O2S/c1-10(2)30-8-11-4-14(25-6-12(11)9-30)16(24)27-18(33)28-17-15(29(3)19(31)32)5-13(7-26-17)20(21,22)23/h4-7,10H,8-9H2,1-3H3,(H,31,32)(H3,24,26,27,28,33). The molecular formula is C20H22F3N7O2S. The number of aliphatic imine (C=N–C) groups is 1. The summed E-state index contributed by atoms with van der Waals surface area (Å²) in [6.07, 6.45) is -3.89. The van der Waals surface area contributed by atoms with Gasteiger partial charge in [-0.25, -0.2) is 14.8 Å². The van der Waals surface area contributed by atoms with E-state index in [2.05, 4.69) is 39.0 Å². The Hall–Kier alpha value is -3.32. The average molecular weight is 482 g/mol. The third kappa shape index (κ3) is 5.54. The van der Waals surface area contributed by atoms with Crippen molar-refractivity contribution in [3.05, 3.63) is 46.9 Å². The molecule has 1 aliphatic rings. The zero-order valence-electron chi connectivity index (χ0n) is 18.0. The smallest absolute Gasteiger partial charge is 0.417 e.